The SMILES string of the molecule is COc1cc(OC)cc(OCC(=O)Nc2cc(NC(C)=O)ccc2OC)c1. The number of hydrogen-bond acceptors (Lipinski definition) is 6. The highest BCUT2D eigenvalue weighted by Gasteiger charge is 2.11. The minimum absolute atomic E-state index is 0.215. The molecule has 2 aromatic carbocycles. The highest BCUT2D eigenvalue weighted by molar-refractivity contribution is 5.95. The molecule has 0 fully saturated rings. The standard InChI is InChI=1S/C19H22N2O6/c1-12(22)20-13-5-6-18(26-4)17(7-13)21-19(23)11-27-16-9-14(24-2)8-15(10-16)25-3/h5-10H,11H2,1-4H3,(H,20,22)(H,21,23). The highest BCUT2D eigenvalue weighted by atomic mass is 16.5. The van der Waals surface area contributed by atoms with Crippen molar-refractivity contribution in [3.05, 3.63) is 36.4 Å². The fraction of sp³-hybridized carbons (Fsp3) is 0.263. The lowest BCUT2D eigenvalue weighted by molar-refractivity contribution is -0.118. The minimum Gasteiger partial charge on any atom is -0.496 e. The Morgan fingerprint density at radius 1 is 0.852 bits per heavy atom. The third kappa shape index (κ3) is 5.81. The van der Waals surface area contributed by atoms with E-state index in [2.05, 4.69) is 10.6 Å². The van der Waals surface area contributed by atoms with Crippen LogP contribution in [0.15, 0.2) is 36.4 Å². The topological polar surface area (TPSA) is 95.1 Å². The summed E-state index contributed by atoms with van der Waals surface area (Å²) in [5.74, 6) is 1.38. The van der Waals surface area contributed by atoms with Crippen molar-refractivity contribution in [3.63, 3.8) is 0 Å². The summed E-state index contributed by atoms with van der Waals surface area (Å²) < 4.78 is 21.1. The van der Waals surface area contributed by atoms with Crippen LogP contribution in [0.25, 0.3) is 0 Å². The van der Waals surface area contributed by atoms with Gasteiger partial charge in [-0.05, 0) is 18.2 Å². The van der Waals surface area contributed by atoms with E-state index in [4.69, 9.17) is 18.9 Å². The average Bonchev–Trinajstić information content (AvgIpc) is 2.65. The van der Waals surface area contributed by atoms with Crippen molar-refractivity contribution in [2.75, 3.05) is 38.6 Å². The van der Waals surface area contributed by atoms with Crippen LogP contribution < -0.4 is 29.6 Å². The zero-order valence-electron chi connectivity index (χ0n) is 15.6. The molecule has 0 heterocycles. The summed E-state index contributed by atoms with van der Waals surface area (Å²) in [6.07, 6.45) is 0. The highest BCUT2D eigenvalue weighted by Crippen LogP contribution is 2.29. The Bertz CT molecular complexity index is 800. The van der Waals surface area contributed by atoms with Crippen LogP contribution in [-0.4, -0.2) is 39.8 Å². The van der Waals surface area contributed by atoms with Gasteiger partial charge < -0.3 is 29.6 Å². The number of amides is 2. The molecule has 0 aliphatic rings. The summed E-state index contributed by atoms with van der Waals surface area (Å²) in [6, 6.07) is 9.92. The van der Waals surface area contributed by atoms with Gasteiger partial charge in [0.2, 0.25) is 5.91 Å². The zero-order chi connectivity index (χ0) is 19.8. The number of anilines is 2. The van der Waals surface area contributed by atoms with E-state index in [9.17, 15) is 9.59 Å². The fourth-order valence-electron chi connectivity index (χ4n) is 2.29. The van der Waals surface area contributed by atoms with Gasteiger partial charge in [-0.3, -0.25) is 9.59 Å². The smallest absolute Gasteiger partial charge is 0.262 e. The Labute approximate surface area is 157 Å². The third-order valence-corrected chi connectivity index (χ3v) is 3.49. The monoisotopic (exact) mass is 374 g/mol. The van der Waals surface area contributed by atoms with Crippen LogP contribution in [0.4, 0.5) is 11.4 Å². The summed E-state index contributed by atoms with van der Waals surface area (Å²) in [5.41, 5.74) is 0.956. The molecule has 0 spiro atoms. The van der Waals surface area contributed by atoms with E-state index < -0.39 is 5.91 Å². The van der Waals surface area contributed by atoms with Crippen molar-refractivity contribution in [3.8, 4) is 23.0 Å². The van der Waals surface area contributed by atoms with E-state index in [-0.39, 0.29) is 12.5 Å². The maximum atomic E-state index is 12.3. The Kier molecular flexibility index (Phi) is 6.87. The van der Waals surface area contributed by atoms with Crippen molar-refractivity contribution in [1.29, 1.82) is 0 Å². The lowest BCUT2D eigenvalue weighted by Crippen LogP contribution is -2.20. The van der Waals surface area contributed by atoms with Gasteiger partial charge in [0.05, 0.1) is 27.0 Å². The fourth-order valence-corrected chi connectivity index (χ4v) is 2.29. The Morgan fingerprint density at radius 3 is 2.04 bits per heavy atom. The van der Waals surface area contributed by atoms with E-state index >= 15 is 0 Å². The van der Waals surface area contributed by atoms with Crippen LogP contribution >= 0.6 is 0 Å². The molecule has 0 radical (unpaired) electrons. The predicted octanol–water partition coefficient (Wildman–Crippen LogP) is 2.69. The molecule has 0 aliphatic carbocycles. The van der Waals surface area contributed by atoms with E-state index in [1.165, 1.54) is 28.3 Å². The number of methoxy groups -OCH3 is 3. The van der Waals surface area contributed by atoms with Crippen molar-refractivity contribution in [2.24, 2.45) is 0 Å². The maximum Gasteiger partial charge on any atom is 0.262 e. The molecule has 144 valence electrons. The number of ether oxygens (including phenoxy) is 4. The number of rotatable bonds is 8. The number of hydrogen-bond donors (Lipinski definition) is 2. The molecule has 0 saturated heterocycles. The number of carbonyl (C=O) groups excluding carboxylic acids is 2. The number of nitrogens with one attached hydrogen (secondary N) is 2. The van der Waals surface area contributed by atoms with Crippen LogP contribution in [0.2, 0.25) is 0 Å². The van der Waals surface area contributed by atoms with Crippen LogP contribution in [0, 0.1) is 0 Å². The van der Waals surface area contributed by atoms with E-state index in [1.54, 1.807) is 36.4 Å². The number of benzene rings is 2. The first-order valence-electron chi connectivity index (χ1n) is 8.06. The first-order chi connectivity index (χ1) is 12.9. The van der Waals surface area contributed by atoms with Gasteiger partial charge in [-0.15, -0.1) is 0 Å². The van der Waals surface area contributed by atoms with E-state index in [1.807, 2.05) is 0 Å². The van der Waals surface area contributed by atoms with Crippen molar-refractivity contribution in [2.45, 2.75) is 6.92 Å². The molecule has 2 N–H and O–H groups in total. The third-order valence-electron chi connectivity index (χ3n) is 3.49. The molecular formula is C19H22N2O6. The average molecular weight is 374 g/mol. The first-order valence-corrected chi connectivity index (χ1v) is 8.06. The summed E-state index contributed by atoms with van der Waals surface area (Å²) in [4.78, 5) is 23.4. The molecular weight excluding hydrogens is 352 g/mol. The van der Waals surface area contributed by atoms with Gasteiger partial charge in [0.1, 0.15) is 23.0 Å². The second-order valence-electron chi connectivity index (χ2n) is 5.48. The second-order valence-corrected chi connectivity index (χ2v) is 5.48. The molecule has 8 heteroatoms. The molecule has 0 unspecified atom stereocenters. The molecule has 0 bridgehead atoms. The van der Waals surface area contributed by atoms with Crippen molar-refractivity contribution < 1.29 is 28.5 Å². The molecule has 0 atom stereocenters. The predicted molar refractivity (Wildman–Crippen MR) is 101 cm³/mol. The minimum atomic E-state index is -0.393. The Hall–Kier alpha value is -3.42. The zero-order valence-corrected chi connectivity index (χ0v) is 15.6. The van der Waals surface area contributed by atoms with Crippen LogP contribution in [0.3, 0.4) is 0 Å². The van der Waals surface area contributed by atoms with Gasteiger partial charge in [0.15, 0.2) is 6.61 Å². The van der Waals surface area contributed by atoms with Crippen molar-refractivity contribution >= 4 is 23.2 Å². The molecule has 0 aromatic heterocycles. The van der Waals surface area contributed by atoms with Gasteiger partial charge in [0, 0.05) is 30.8 Å². The van der Waals surface area contributed by atoms with Gasteiger partial charge in [-0.1, -0.05) is 0 Å². The summed E-state index contributed by atoms with van der Waals surface area (Å²) in [5, 5.41) is 5.35. The van der Waals surface area contributed by atoms with Crippen LogP contribution in [0.5, 0.6) is 23.0 Å². The molecule has 8 nitrogen and oxygen atoms in total. The molecule has 2 aromatic rings. The summed E-state index contributed by atoms with van der Waals surface area (Å²) in [6.45, 7) is 1.17. The van der Waals surface area contributed by atoms with Gasteiger partial charge >= 0.3 is 0 Å². The van der Waals surface area contributed by atoms with Crippen molar-refractivity contribution in [1.82, 2.24) is 0 Å². The summed E-state index contributed by atoms with van der Waals surface area (Å²) in [7, 11) is 4.54. The lowest BCUT2D eigenvalue weighted by atomic mass is 10.2. The normalized spacial score (nSPS) is 9.93. The first kappa shape index (κ1) is 19.9. The summed E-state index contributed by atoms with van der Waals surface area (Å²) >= 11 is 0. The van der Waals surface area contributed by atoms with Gasteiger partial charge in [0.25, 0.3) is 5.91 Å². The van der Waals surface area contributed by atoms with Crippen LogP contribution in [-0.2, 0) is 9.59 Å². The van der Waals surface area contributed by atoms with Crippen LogP contribution in [0.1, 0.15) is 6.92 Å². The second kappa shape index (κ2) is 9.33. The van der Waals surface area contributed by atoms with E-state index in [0.29, 0.717) is 34.4 Å². The quantitative estimate of drug-likeness (QED) is 0.738. The van der Waals surface area contributed by atoms with Gasteiger partial charge in [-0.25, -0.2) is 0 Å². The molecule has 2 rings (SSSR count). The Morgan fingerprint density at radius 2 is 1.48 bits per heavy atom. The largest absolute Gasteiger partial charge is 0.496 e. The molecule has 0 saturated carbocycles. The molecule has 27 heavy (non-hydrogen) atoms. The molecule has 0 aliphatic heterocycles. The number of carbonyl (C=O) groups is 2. The lowest BCUT2D eigenvalue weighted by Gasteiger charge is -2.13. The molecule has 2 amide bonds. The Balaban J connectivity index is 2.06. The van der Waals surface area contributed by atoms with Gasteiger partial charge in [-0.2, -0.15) is 0 Å². The maximum absolute atomic E-state index is 12.3. The van der Waals surface area contributed by atoms with E-state index in [0.717, 1.165) is 0 Å².